The first-order valence-electron chi connectivity index (χ1n) is 9.90. The van der Waals surface area contributed by atoms with Crippen LogP contribution in [0.3, 0.4) is 0 Å². The molecule has 4 rings (SSSR count). The van der Waals surface area contributed by atoms with Crippen LogP contribution in [0.1, 0.15) is 42.7 Å². The quantitative estimate of drug-likeness (QED) is 0.775. The summed E-state index contributed by atoms with van der Waals surface area (Å²) >= 11 is 0. The van der Waals surface area contributed by atoms with Crippen LogP contribution in [0.4, 0.5) is 5.69 Å². The second-order valence-electron chi connectivity index (χ2n) is 7.72. The summed E-state index contributed by atoms with van der Waals surface area (Å²) in [6.07, 6.45) is 9.21. The first-order valence-corrected chi connectivity index (χ1v) is 9.90. The van der Waals surface area contributed by atoms with Crippen molar-refractivity contribution in [1.82, 2.24) is 15.1 Å². The van der Waals surface area contributed by atoms with E-state index in [4.69, 9.17) is 4.74 Å². The van der Waals surface area contributed by atoms with E-state index in [1.54, 1.807) is 4.68 Å². The number of nitrogens with one attached hydrogen (secondary N) is 2. The molecule has 2 heterocycles. The Hall–Kier alpha value is -1.89. The average Bonchev–Trinajstić information content (AvgIpc) is 3.42. The van der Waals surface area contributed by atoms with Gasteiger partial charge in [-0.1, -0.05) is 25.0 Å². The molecule has 7 heteroatoms. The van der Waals surface area contributed by atoms with Crippen molar-refractivity contribution in [2.75, 3.05) is 18.4 Å². The Bertz CT molecular complexity index is 771. The lowest BCUT2D eigenvalue weighted by Gasteiger charge is -2.17. The molecule has 2 aliphatic rings. The zero-order valence-electron chi connectivity index (χ0n) is 16.3. The molecule has 1 aliphatic carbocycles. The molecular formula is C21H29ClN4O2. The standard InChI is InChI=1S/C21H28N4O2.ClH/c1-25-13-16(10-23-25)19-11-22-12-20(19)21(26)24-17-8-6-15(7-9-17)14-27-18-4-2-3-5-18;/h6-10,13,18-20,22H,2-5,11-12,14H2,1H3,(H,24,26);1H/t19-,20+;/m1./s1. The molecule has 2 atom stereocenters. The summed E-state index contributed by atoms with van der Waals surface area (Å²) in [5.74, 6) is 0.140. The van der Waals surface area contributed by atoms with Gasteiger partial charge in [0.1, 0.15) is 0 Å². The number of benzene rings is 1. The lowest BCUT2D eigenvalue weighted by Crippen LogP contribution is -2.28. The van der Waals surface area contributed by atoms with Crippen LogP contribution in [0.5, 0.6) is 0 Å². The number of ether oxygens (including phenoxy) is 1. The van der Waals surface area contributed by atoms with Crippen molar-refractivity contribution in [1.29, 1.82) is 0 Å². The van der Waals surface area contributed by atoms with Gasteiger partial charge in [0.15, 0.2) is 0 Å². The summed E-state index contributed by atoms with van der Waals surface area (Å²) in [4.78, 5) is 12.8. The van der Waals surface area contributed by atoms with Crippen molar-refractivity contribution in [2.45, 2.75) is 44.3 Å². The fourth-order valence-electron chi connectivity index (χ4n) is 4.12. The van der Waals surface area contributed by atoms with E-state index in [1.165, 1.54) is 25.7 Å². The maximum Gasteiger partial charge on any atom is 0.229 e. The Balaban J connectivity index is 0.00000225. The molecule has 2 aromatic rings. The highest BCUT2D eigenvalue weighted by Crippen LogP contribution is 2.29. The molecule has 1 saturated heterocycles. The molecule has 0 spiro atoms. The van der Waals surface area contributed by atoms with Crippen LogP contribution in [0.15, 0.2) is 36.7 Å². The van der Waals surface area contributed by atoms with Crippen molar-refractivity contribution in [2.24, 2.45) is 13.0 Å². The normalized spacial score (nSPS) is 22.2. The van der Waals surface area contributed by atoms with Gasteiger partial charge in [0.2, 0.25) is 5.91 Å². The number of anilines is 1. The Morgan fingerprint density at radius 2 is 2.00 bits per heavy atom. The minimum atomic E-state index is -0.0837. The van der Waals surface area contributed by atoms with E-state index in [1.807, 2.05) is 43.7 Å². The van der Waals surface area contributed by atoms with E-state index in [2.05, 4.69) is 15.7 Å². The van der Waals surface area contributed by atoms with Crippen LogP contribution < -0.4 is 10.6 Å². The summed E-state index contributed by atoms with van der Waals surface area (Å²) in [6, 6.07) is 8.01. The zero-order valence-corrected chi connectivity index (χ0v) is 17.1. The lowest BCUT2D eigenvalue weighted by molar-refractivity contribution is -0.119. The number of rotatable bonds is 6. The Labute approximate surface area is 172 Å². The summed E-state index contributed by atoms with van der Waals surface area (Å²) in [5.41, 5.74) is 3.10. The van der Waals surface area contributed by atoms with Gasteiger partial charge >= 0.3 is 0 Å². The third-order valence-corrected chi connectivity index (χ3v) is 5.71. The Kier molecular flexibility index (Phi) is 7.10. The second kappa shape index (κ2) is 9.54. The summed E-state index contributed by atoms with van der Waals surface area (Å²) < 4.78 is 7.74. The predicted octanol–water partition coefficient (Wildman–Crippen LogP) is 3.24. The van der Waals surface area contributed by atoms with Gasteiger partial charge in [-0.25, -0.2) is 0 Å². The smallest absolute Gasteiger partial charge is 0.229 e. The monoisotopic (exact) mass is 404 g/mol. The van der Waals surface area contributed by atoms with Crippen molar-refractivity contribution in [3.8, 4) is 0 Å². The molecule has 2 fully saturated rings. The SMILES string of the molecule is Cl.Cn1cc([C@H]2CNC[C@@H]2C(=O)Nc2ccc(COC3CCCC3)cc2)cn1. The van der Waals surface area contributed by atoms with Crippen molar-refractivity contribution < 1.29 is 9.53 Å². The van der Waals surface area contributed by atoms with Gasteiger partial charge in [0, 0.05) is 37.9 Å². The van der Waals surface area contributed by atoms with E-state index in [0.717, 1.165) is 23.4 Å². The third-order valence-electron chi connectivity index (χ3n) is 5.71. The predicted molar refractivity (Wildman–Crippen MR) is 112 cm³/mol. The van der Waals surface area contributed by atoms with Gasteiger partial charge in [-0.05, 0) is 36.1 Å². The van der Waals surface area contributed by atoms with E-state index >= 15 is 0 Å². The average molecular weight is 405 g/mol. The Morgan fingerprint density at radius 1 is 1.25 bits per heavy atom. The molecule has 1 aromatic carbocycles. The first kappa shape index (κ1) is 20.8. The highest BCUT2D eigenvalue weighted by molar-refractivity contribution is 5.93. The van der Waals surface area contributed by atoms with Gasteiger partial charge in [-0.2, -0.15) is 5.10 Å². The van der Waals surface area contributed by atoms with Crippen molar-refractivity contribution >= 4 is 24.0 Å². The second-order valence-corrected chi connectivity index (χ2v) is 7.72. The van der Waals surface area contributed by atoms with Crippen LogP contribution in [0.25, 0.3) is 0 Å². The molecule has 0 unspecified atom stereocenters. The van der Waals surface area contributed by atoms with Gasteiger partial charge in [-0.3, -0.25) is 9.48 Å². The van der Waals surface area contributed by atoms with Crippen LogP contribution in [0, 0.1) is 5.92 Å². The van der Waals surface area contributed by atoms with Crippen LogP contribution in [-0.2, 0) is 23.2 Å². The topological polar surface area (TPSA) is 68.2 Å². The van der Waals surface area contributed by atoms with Gasteiger partial charge in [0.05, 0.1) is 24.8 Å². The molecule has 28 heavy (non-hydrogen) atoms. The number of aromatic nitrogens is 2. The number of nitrogens with zero attached hydrogens (tertiary/aromatic N) is 2. The lowest BCUT2D eigenvalue weighted by atomic mass is 9.90. The molecule has 1 saturated carbocycles. The number of aryl methyl sites for hydroxylation is 1. The number of hydrogen-bond donors (Lipinski definition) is 2. The molecule has 152 valence electrons. The fraction of sp³-hybridized carbons (Fsp3) is 0.524. The molecule has 1 aliphatic heterocycles. The molecule has 6 nitrogen and oxygen atoms in total. The maximum atomic E-state index is 12.8. The molecule has 0 radical (unpaired) electrons. The van der Waals surface area contributed by atoms with E-state index in [0.29, 0.717) is 19.3 Å². The minimum absolute atomic E-state index is 0. The minimum Gasteiger partial charge on any atom is -0.374 e. The first-order chi connectivity index (χ1) is 13.2. The van der Waals surface area contributed by atoms with Crippen molar-refractivity contribution in [3.63, 3.8) is 0 Å². The van der Waals surface area contributed by atoms with Crippen molar-refractivity contribution in [3.05, 3.63) is 47.8 Å². The fourth-order valence-corrected chi connectivity index (χ4v) is 4.12. The summed E-state index contributed by atoms with van der Waals surface area (Å²) in [7, 11) is 1.90. The van der Waals surface area contributed by atoms with Crippen LogP contribution in [0.2, 0.25) is 0 Å². The third kappa shape index (κ3) is 4.93. The number of amides is 1. The molecule has 1 amide bonds. The molecule has 1 aromatic heterocycles. The molecular weight excluding hydrogens is 376 g/mol. The zero-order chi connectivity index (χ0) is 18.6. The largest absolute Gasteiger partial charge is 0.374 e. The van der Waals surface area contributed by atoms with Gasteiger partial charge in [-0.15, -0.1) is 12.4 Å². The summed E-state index contributed by atoms with van der Waals surface area (Å²) in [6.45, 7) is 2.15. The molecule has 0 bridgehead atoms. The summed E-state index contributed by atoms with van der Waals surface area (Å²) in [5, 5.41) is 10.6. The molecule has 2 N–H and O–H groups in total. The van der Waals surface area contributed by atoms with Gasteiger partial charge in [0.25, 0.3) is 0 Å². The highest BCUT2D eigenvalue weighted by Gasteiger charge is 2.34. The van der Waals surface area contributed by atoms with E-state index in [9.17, 15) is 4.79 Å². The van der Waals surface area contributed by atoms with Crippen LogP contribution in [-0.4, -0.2) is 34.9 Å². The van der Waals surface area contributed by atoms with Crippen LogP contribution >= 0.6 is 12.4 Å². The van der Waals surface area contributed by atoms with E-state index < -0.39 is 0 Å². The Morgan fingerprint density at radius 3 is 2.68 bits per heavy atom. The van der Waals surface area contributed by atoms with Gasteiger partial charge < -0.3 is 15.4 Å². The number of carbonyl (C=O) groups is 1. The highest BCUT2D eigenvalue weighted by atomic mass is 35.5. The maximum absolute atomic E-state index is 12.8. The van der Waals surface area contributed by atoms with E-state index in [-0.39, 0.29) is 30.2 Å². The number of halogens is 1. The number of hydrogen-bond acceptors (Lipinski definition) is 4. The number of carbonyl (C=O) groups excluding carboxylic acids is 1.